The van der Waals surface area contributed by atoms with Crippen molar-refractivity contribution >= 4 is 39.3 Å². The summed E-state index contributed by atoms with van der Waals surface area (Å²) in [4.78, 5) is 20.7. The molecule has 0 spiro atoms. The van der Waals surface area contributed by atoms with Crippen LogP contribution in [-0.4, -0.2) is 47.9 Å². The molecule has 0 aromatic carbocycles. The summed E-state index contributed by atoms with van der Waals surface area (Å²) in [5, 5.41) is 0.546. The van der Waals surface area contributed by atoms with Crippen molar-refractivity contribution in [3.05, 3.63) is 21.8 Å². The number of piperidine rings is 2. The van der Waals surface area contributed by atoms with Gasteiger partial charge in [-0.15, -0.1) is 0 Å². The fraction of sp³-hybridized carbons (Fsp3) is 0.625. The average molecular weight is 423 g/mol. The summed E-state index contributed by atoms with van der Waals surface area (Å²) in [6, 6.07) is 1.78. The smallest absolute Gasteiger partial charge is 0.251 e. The van der Waals surface area contributed by atoms with Crippen molar-refractivity contribution in [2.45, 2.75) is 31.6 Å². The molecule has 0 saturated carbocycles. The molecule has 1 atom stereocenters. The van der Waals surface area contributed by atoms with Crippen molar-refractivity contribution in [3.63, 3.8) is 0 Å². The molecule has 1 aromatic heterocycles. The van der Waals surface area contributed by atoms with Gasteiger partial charge in [0.15, 0.2) is 0 Å². The number of alkyl halides is 2. The number of nitrogens with zero attached hydrogens (tertiary/aromatic N) is 3. The number of aromatic nitrogens is 1. The third kappa shape index (κ3) is 3.99. The maximum absolute atomic E-state index is 13.3. The average Bonchev–Trinajstić information content (AvgIpc) is 2.54. The van der Waals surface area contributed by atoms with E-state index in [0.717, 1.165) is 29.7 Å². The zero-order valence-corrected chi connectivity index (χ0v) is 15.5. The third-order valence-electron chi connectivity index (χ3n) is 4.67. The summed E-state index contributed by atoms with van der Waals surface area (Å²) in [5.74, 6) is -2.05. The van der Waals surface area contributed by atoms with E-state index in [1.807, 2.05) is 0 Å². The van der Waals surface area contributed by atoms with Crippen LogP contribution in [0.25, 0.3) is 0 Å². The van der Waals surface area contributed by atoms with Crippen LogP contribution in [0.15, 0.2) is 16.7 Å². The number of hydrogen-bond acceptors (Lipinski definition) is 3. The predicted molar refractivity (Wildman–Crippen MR) is 92.6 cm³/mol. The zero-order valence-electron chi connectivity index (χ0n) is 13.2. The molecule has 2 fully saturated rings. The van der Waals surface area contributed by atoms with Gasteiger partial charge in [0.2, 0.25) is 5.91 Å². The van der Waals surface area contributed by atoms with Crippen LogP contribution in [-0.2, 0) is 4.79 Å². The van der Waals surface area contributed by atoms with Gasteiger partial charge in [-0.3, -0.25) is 4.79 Å². The zero-order chi connectivity index (χ0) is 17.3. The SMILES string of the molecule is O=C(C1CCCN(c2ncc(Cl)cc2Br)C1)N1CCC(F)(F)CC1. The standard InChI is InChI=1S/C16H19BrClF2N3O/c17-13-8-12(18)9-21-14(13)23-5-1-2-11(10-23)15(24)22-6-3-16(19,20)4-7-22/h8-9,11H,1-7,10H2. The Morgan fingerprint density at radius 2 is 2.04 bits per heavy atom. The van der Waals surface area contributed by atoms with Gasteiger partial charge in [0.1, 0.15) is 5.82 Å². The first kappa shape index (κ1) is 17.9. The third-order valence-corrected chi connectivity index (χ3v) is 5.46. The van der Waals surface area contributed by atoms with Gasteiger partial charge in [-0.25, -0.2) is 13.8 Å². The molecule has 4 nitrogen and oxygen atoms in total. The van der Waals surface area contributed by atoms with Crippen molar-refractivity contribution in [1.82, 2.24) is 9.88 Å². The summed E-state index contributed by atoms with van der Waals surface area (Å²) in [5.41, 5.74) is 0. The molecule has 2 aliphatic rings. The van der Waals surface area contributed by atoms with Gasteiger partial charge in [0.05, 0.1) is 15.4 Å². The Morgan fingerprint density at radius 3 is 2.71 bits per heavy atom. The van der Waals surface area contributed by atoms with Gasteiger partial charge in [0.25, 0.3) is 5.92 Å². The molecule has 1 aromatic rings. The number of amides is 1. The minimum Gasteiger partial charge on any atom is -0.355 e. The van der Waals surface area contributed by atoms with Crippen molar-refractivity contribution in [2.75, 3.05) is 31.1 Å². The van der Waals surface area contributed by atoms with Gasteiger partial charge < -0.3 is 9.80 Å². The van der Waals surface area contributed by atoms with Gasteiger partial charge in [-0.05, 0) is 34.8 Å². The van der Waals surface area contributed by atoms with Crippen LogP contribution in [0.2, 0.25) is 5.02 Å². The van der Waals surface area contributed by atoms with Gasteiger partial charge in [-0.2, -0.15) is 0 Å². The van der Waals surface area contributed by atoms with Crippen LogP contribution < -0.4 is 4.90 Å². The molecule has 0 radical (unpaired) electrons. The molecular formula is C16H19BrClF2N3O. The Balaban J connectivity index is 1.66. The first-order valence-corrected chi connectivity index (χ1v) is 9.25. The number of rotatable bonds is 2. The molecule has 2 saturated heterocycles. The Labute approximate surface area is 153 Å². The number of halogens is 4. The fourth-order valence-electron chi connectivity index (χ4n) is 3.32. The number of carbonyl (C=O) groups excluding carboxylic acids is 1. The molecular weight excluding hydrogens is 404 g/mol. The largest absolute Gasteiger partial charge is 0.355 e. The lowest BCUT2D eigenvalue weighted by molar-refractivity contribution is -0.141. The predicted octanol–water partition coefficient (Wildman–Crippen LogP) is 3.97. The molecule has 24 heavy (non-hydrogen) atoms. The van der Waals surface area contributed by atoms with E-state index in [9.17, 15) is 13.6 Å². The molecule has 3 heterocycles. The second-order valence-electron chi connectivity index (χ2n) is 6.43. The Hall–Kier alpha value is -0.950. The molecule has 0 aliphatic carbocycles. The highest BCUT2D eigenvalue weighted by atomic mass is 79.9. The summed E-state index contributed by atoms with van der Waals surface area (Å²) in [6.45, 7) is 1.66. The van der Waals surface area contributed by atoms with E-state index in [0.29, 0.717) is 11.6 Å². The van der Waals surface area contributed by atoms with E-state index in [-0.39, 0.29) is 37.8 Å². The van der Waals surface area contributed by atoms with E-state index in [1.54, 1.807) is 17.2 Å². The van der Waals surface area contributed by atoms with Crippen LogP contribution in [0.4, 0.5) is 14.6 Å². The quantitative estimate of drug-likeness (QED) is 0.723. The number of hydrogen-bond donors (Lipinski definition) is 0. The molecule has 3 rings (SSSR count). The lowest BCUT2D eigenvalue weighted by atomic mass is 9.95. The maximum atomic E-state index is 13.3. The molecule has 0 N–H and O–H groups in total. The second kappa shape index (κ2) is 7.12. The lowest BCUT2D eigenvalue weighted by Gasteiger charge is -2.38. The molecule has 2 aliphatic heterocycles. The fourth-order valence-corrected chi connectivity index (χ4v) is 4.21. The van der Waals surface area contributed by atoms with E-state index in [4.69, 9.17) is 11.6 Å². The lowest BCUT2D eigenvalue weighted by Crippen LogP contribution is -2.49. The maximum Gasteiger partial charge on any atom is 0.251 e. The molecule has 0 bridgehead atoms. The summed E-state index contributed by atoms with van der Waals surface area (Å²) < 4.78 is 27.3. The number of pyridine rings is 1. The van der Waals surface area contributed by atoms with Crippen LogP contribution in [0.3, 0.4) is 0 Å². The Kier molecular flexibility index (Phi) is 5.30. The van der Waals surface area contributed by atoms with Crippen LogP contribution in [0.5, 0.6) is 0 Å². The Morgan fingerprint density at radius 1 is 1.33 bits per heavy atom. The van der Waals surface area contributed by atoms with Gasteiger partial charge in [0, 0.05) is 45.2 Å². The topological polar surface area (TPSA) is 36.4 Å². The van der Waals surface area contributed by atoms with Gasteiger partial charge >= 0.3 is 0 Å². The highest BCUT2D eigenvalue weighted by molar-refractivity contribution is 9.10. The second-order valence-corrected chi connectivity index (χ2v) is 7.72. The number of anilines is 1. The highest BCUT2D eigenvalue weighted by Crippen LogP contribution is 2.32. The summed E-state index contributed by atoms with van der Waals surface area (Å²) in [7, 11) is 0. The first-order valence-electron chi connectivity index (χ1n) is 8.08. The van der Waals surface area contributed by atoms with Crippen molar-refractivity contribution in [2.24, 2.45) is 5.92 Å². The minimum atomic E-state index is -2.63. The number of likely N-dealkylation sites (tertiary alicyclic amines) is 1. The van der Waals surface area contributed by atoms with E-state index >= 15 is 0 Å². The minimum absolute atomic E-state index is 0.0136. The Bertz CT molecular complexity index is 621. The normalized spacial score (nSPS) is 24.1. The van der Waals surface area contributed by atoms with Gasteiger partial charge in [-0.1, -0.05) is 11.6 Å². The monoisotopic (exact) mass is 421 g/mol. The van der Waals surface area contributed by atoms with Crippen LogP contribution in [0, 0.1) is 5.92 Å². The van der Waals surface area contributed by atoms with Crippen LogP contribution >= 0.6 is 27.5 Å². The highest BCUT2D eigenvalue weighted by Gasteiger charge is 2.38. The molecule has 1 unspecified atom stereocenters. The molecule has 8 heteroatoms. The van der Waals surface area contributed by atoms with Crippen molar-refractivity contribution < 1.29 is 13.6 Å². The van der Waals surface area contributed by atoms with E-state index in [1.165, 1.54) is 0 Å². The molecule has 132 valence electrons. The molecule has 1 amide bonds. The van der Waals surface area contributed by atoms with Crippen LogP contribution in [0.1, 0.15) is 25.7 Å². The summed E-state index contributed by atoms with van der Waals surface area (Å²) >= 11 is 9.39. The first-order chi connectivity index (χ1) is 11.4. The number of carbonyl (C=O) groups is 1. The van der Waals surface area contributed by atoms with Crippen molar-refractivity contribution in [1.29, 1.82) is 0 Å². The van der Waals surface area contributed by atoms with E-state index in [2.05, 4.69) is 25.8 Å². The summed E-state index contributed by atoms with van der Waals surface area (Å²) in [6.07, 6.45) is 2.77. The van der Waals surface area contributed by atoms with E-state index < -0.39 is 5.92 Å². The van der Waals surface area contributed by atoms with Crippen molar-refractivity contribution in [3.8, 4) is 0 Å².